The summed E-state index contributed by atoms with van der Waals surface area (Å²) in [5, 5.41) is 12.3. The molecule has 1 aliphatic rings. The van der Waals surface area contributed by atoms with Crippen molar-refractivity contribution in [2.75, 3.05) is 41.3 Å². The summed E-state index contributed by atoms with van der Waals surface area (Å²) in [7, 11) is 0. The molecule has 6 nitrogen and oxygen atoms in total. The first-order chi connectivity index (χ1) is 13.7. The largest absolute Gasteiger partial charge is 0.368 e. The molecule has 1 aliphatic heterocycles. The van der Waals surface area contributed by atoms with Gasteiger partial charge in [-0.1, -0.05) is 47.5 Å². The first kappa shape index (κ1) is 18.5. The van der Waals surface area contributed by atoms with Gasteiger partial charge in [0.25, 0.3) is 0 Å². The van der Waals surface area contributed by atoms with Gasteiger partial charge >= 0.3 is 0 Å². The zero-order valence-electron chi connectivity index (χ0n) is 15.8. The molecule has 0 atom stereocenters. The van der Waals surface area contributed by atoms with Crippen LogP contribution in [0.25, 0.3) is 0 Å². The summed E-state index contributed by atoms with van der Waals surface area (Å²) in [5.41, 5.74) is 3.60. The lowest BCUT2D eigenvalue weighted by molar-refractivity contribution is 0.644. The number of hydrogen-bond donors (Lipinski definition) is 1. The van der Waals surface area contributed by atoms with Gasteiger partial charge in [-0.15, -0.1) is 5.10 Å². The molecule has 1 aromatic heterocycles. The van der Waals surface area contributed by atoms with E-state index in [0.717, 1.165) is 42.7 Å². The Bertz CT molecular complexity index is 922. The standard InChI is InChI=1S/C21H23ClN6/c1-16-5-7-17(8-6-16)14-23-21-25-20(15-24-26-21)28-11-9-27(10-12-28)19-4-2-3-18(22)13-19/h2-8,13,15H,9-12,14H2,1H3,(H,23,25,26). The molecule has 1 saturated heterocycles. The molecule has 1 N–H and O–H groups in total. The fourth-order valence-electron chi connectivity index (χ4n) is 3.28. The van der Waals surface area contributed by atoms with E-state index in [1.165, 1.54) is 11.1 Å². The maximum Gasteiger partial charge on any atom is 0.244 e. The van der Waals surface area contributed by atoms with Crippen molar-refractivity contribution < 1.29 is 0 Å². The second-order valence-corrected chi connectivity index (χ2v) is 7.37. The fourth-order valence-corrected chi connectivity index (χ4v) is 3.46. The maximum absolute atomic E-state index is 6.12. The lowest BCUT2D eigenvalue weighted by Gasteiger charge is -2.36. The summed E-state index contributed by atoms with van der Waals surface area (Å²) in [6.07, 6.45) is 1.73. The highest BCUT2D eigenvalue weighted by Gasteiger charge is 2.19. The number of aromatic nitrogens is 3. The normalized spacial score (nSPS) is 14.2. The van der Waals surface area contributed by atoms with Gasteiger partial charge in [0.2, 0.25) is 5.95 Å². The van der Waals surface area contributed by atoms with Crippen LogP contribution in [0.15, 0.2) is 54.7 Å². The van der Waals surface area contributed by atoms with Gasteiger partial charge < -0.3 is 15.1 Å². The smallest absolute Gasteiger partial charge is 0.244 e. The Kier molecular flexibility index (Phi) is 5.58. The first-order valence-corrected chi connectivity index (χ1v) is 9.80. The van der Waals surface area contributed by atoms with Crippen molar-refractivity contribution >= 4 is 29.1 Å². The van der Waals surface area contributed by atoms with Crippen LogP contribution in [0.1, 0.15) is 11.1 Å². The van der Waals surface area contributed by atoms with Crippen LogP contribution in [0.2, 0.25) is 5.02 Å². The van der Waals surface area contributed by atoms with Crippen LogP contribution in [0.3, 0.4) is 0 Å². The zero-order chi connectivity index (χ0) is 19.3. The van der Waals surface area contributed by atoms with Crippen LogP contribution in [-0.2, 0) is 6.54 Å². The summed E-state index contributed by atoms with van der Waals surface area (Å²) in [4.78, 5) is 9.23. The van der Waals surface area contributed by atoms with Gasteiger partial charge in [0.15, 0.2) is 5.82 Å². The molecule has 0 unspecified atom stereocenters. The maximum atomic E-state index is 6.12. The highest BCUT2D eigenvalue weighted by molar-refractivity contribution is 6.30. The molecule has 3 aromatic rings. The molecular weight excluding hydrogens is 372 g/mol. The Balaban J connectivity index is 1.36. The number of halogens is 1. The lowest BCUT2D eigenvalue weighted by Crippen LogP contribution is -2.47. The number of nitrogens with zero attached hydrogens (tertiary/aromatic N) is 5. The fraction of sp³-hybridized carbons (Fsp3) is 0.286. The van der Waals surface area contributed by atoms with E-state index < -0.39 is 0 Å². The van der Waals surface area contributed by atoms with E-state index in [2.05, 4.69) is 67.6 Å². The summed E-state index contributed by atoms with van der Waals surface area (Å²) in [5.74, 6) is 1.41. The van der Waals surface area contributed by atoms with Crippen molar-refractivity contribution in [3.63, 3.8) is 0 Å². The average molecular weight is 395 g/mol. The number of benzene rings is 2. The van der Waals surface area contributed by atoms with Crippen LogP contribution in [0, 0.1) is 6.92 Å². The molecule has 0 saturated carbocycles. The van der Waals surface area contributed by atoms with Crippen LogP contribution < -0.4 is 15.1 Å². The minimum Gasteiger partial charge on any atom is -0.368 e. The topological polar surface area (TPSA) is 57.2 Å². The van der Waals surface area contributed by atoms with Gasteiger partial charge in [0, 0.05) is 43.4 Å². The van der Waals surface area contributed by atoms with Crippen LogP contribution in [0.5, 0.6) is 0 Å². The number of aryl methyl sites for hydroxylation is 1. The second-order valence-electron chi connectivity index (χ2n) is 6.93. The van der Waals surface area contributed by atoms with Gasteiger partial charge in [-0.25, -0.2) is 0 Å². The van der Waals surface area contributed by atoms with E-state index in [1.807, 2.05) is 18.2 Å². The van der Waals surface area contributed by atoms with E-state index in [1.54, 1.807) is 6.20 Å². The Morgan fingerprint density at radius 1 is 1.00 bits per heavy atom. The van der Waals surface area contributed by atoms with Crippen molar-refractivity contribution in [1.29, 1.82) is 0 Å². The molecular formula is C21H23ClN6. The summed E-state index contributed by atoms with van der Waals surface area (Å²) in [6, 6.07) is 16.4. The molecule has 144 valence electrons. The molecule has 2 heterocycles. The van der Waals surface area contributed by atoms with Crippen molar-refractivity contribution in [1.82, 2.24) is 15.2 Å². The Morgan fingerprint density at radius 2 is 1.75 bits per heavy atom. The molecule has 28 heavy (non-hydrogen) atoms. The van der Waals surface area contributed by atoms with Crippen molar-refractivity contribution in [3.8, 4) is 0 Å². The predicted molar refractivity (Wildman–Crippen MR) is 114 cm³/mol. The zero-order valence-corrected chi connectivity index (χ0v) is 16.6. The van der Waals surface area contributed by atoms with Crippen molar-refractivity contribution in [2.24, 2.45) is 0 Å². The summed E-state index contributed by atoms with van der Waals surface area (Å²) >= 11 is 6.12. The van der Waals surface area contributed by atoms with Gasteiger partial charge in [-0.05, 0) is 30.7 Å². The number of rotatable bonds is 5. The highest BCUT2D eigenvalue weighted by atomic mass is 35.5. The minimum atomic E-state index is 0.551. The summed E-state index contributed by atoms with van der Waals surface area (Å²) in [6.45, 7) is 6.34. The predicted octanol–water partition coefficient (Wildman–Crippen LogP) is 3.77. The average Bonchev–Trinajstić information content (AvgIpc) is 2.74. The lowest BCUT2D eigenvalue weighted by atomic mass is 10.1. The van der Waals surface area contributed by atoms with Gasteiger partial charge in [-0.3, -0.25) is 0 Å². The quantitative estimate of drug-likeness (QED) is 0.710. The van der Waals surface area contributed by atoms with E-state index in [0.29, 0.717) is 12.5 Å². The van der Waals surface area contributed by atoms with Crippen LogP contribution >= 0.6 is 11.6 Å². The molecule has 0 bridgehead atoms. The van der Waals surface area contributed by atoms with Crippen molar-refractivity contribution in [3.05, 3.63) is 70.9 Å². The third kappa shape index (κ3) is 4.51. The highest BCUT2D eigenvalue weighted by Crippen LogP contribution is 2.22. The monoisotopic (exact) mass is 394 g/mol. The Hall–Kier alpha value is -2.86. The van der Waals surface area contributed by atoms with E-state index in [4.69, 9.17) is 11.6 Å². The molecule has 1 fully saturated rings. The van der Waals surface area contributed by atoms with Gasteiger partial charge in [0.1, 0.15) is 0 Å². The molecule has 0 spiro atoms. The van der Waals surface area contributed by atoms with Crippen LogP contribution in [0.4, 0.5) is 17.5 Å². The molecule has 0 amide bonds. The third-order valence-electron chi connectivity index (χ3n) is 4.89. The molecule has 2 aromatic carbocycles. The number of hydrogen-bond acceptors (Lipinski definition) is 6. The SMILES string of the molecule is Cc1ccc(CNc2nncc(N3CCN(c4cccc(Cl)c4)CC3)n2)cc1. The summed E-state index contributed by atoms with van der Waals surface area (Å²) < 4.78 is 0. The minimum absolute atomic E-state index is 0.551. The molecule has 0 aliphatic carbocycles. The number of anilines is 3. The van der Waals surface area contributed by atoms with Crippen molar-refractivity contribution in [2.45, 2.75) is 13.5 Å². The molecule has 4 rings (SSSR count). The van der Waals surface area contributed by atoms with E-state index in [9.17, 15) is 0 Å². The molecule has 7 heteroatoms. The first-order valence-electron chi connectivity index (χ1n) is 9.42. The van der Waals surface area contributed by atoms with Gasteiger partial charge in [0.05, 0.1) is 6.20 Å². The van der Waals surface area contributed by atoms with Gasteiger partial charge in [-0.2, -0.15) is 10.1 Å². The Labute approximate surface area is 170 Å². The number of nitrogens with one attached hydrogen (secondary N) is 1. The van der Waals surface area contributed by atoms with Crippen LogP contribution in [-0.4, -0.2) is 41.4 Å². The second kappa shape index (κ2) is 8.44. The van der Waals surface area contributed by atoms with E-state index >= 15 is 0 Å². The number of piperazine rings is 1. The molecule has 0 radical (unpaired) electrons. The van der Waals surface area contributed by atoms with E-state index in [-0.39, 0.29) is 0 Å². The Morgan fingerprint density at radius 3 is 2.50 bits per heavy atom. The third-order valence-corrected chi connectivity index (χ3v) is 5.13.